The number of ether oxygens (including phenoxy) is 1. The fraction of sp³-hybridized carbons (Fsp3) is 0.333. The van der Waals surface area contributed by atoms with Crippen LogP contribution in [0.2, 0.25) is 10.0 Å². The van der Waals surface area contributed by atoms with E-state index in [-0.39, 0.29) is 11.9 Å². The second-order valence-electron chi connectivity index (χ2n) is 5.87. The fourth-order valence-corrected chi connectivity index (χ4v) is 2.95. The highest BCUT2D eigenvalue weighted by Gasteiger charge is 2.15. The Kier molecular flexibility index (Phi) is 5.78. The quantitative estimate of drug-likeness (QED) is 0.879. The first-order valence-corrected chi connectivity index (χ1v) is 8.85. The molecule has 1 amide bonds. The van der Waals surface area contributed by atoms with Crippen LogP contribution in [0, 0.1) is 0 Å². The molecular weight excluding hydrogens is 361 g/mol. The van der Waals surface area contributed by atoms with Gasteiger partial charge in [0.15, 0.2) is 0 Å². The molecular formula is C18H19Cl2N3O2. The summed E-state index contributed by atoms with van der Waals surface area (Å²) in [6.07, 6.45) is 1.60. The maximum atomic E-state index is 12.4. The van der Waals surface area contributed by atoms with E-state index < -0.39 is 0 Å². The molecule has 1 fully saturated rings. The van der Waals surface area contributed by atoms with E-state index in [1.807, 2.05) is 19.1 Å². The number of morpholine rings is 1. The Hall–Kier alpha value is -1.82. The minimum absolute atomic E-state index is 0.181. The summed E-state index contributed by atoms with van der Waals surface area (Å²) in [6.45, 7) is 4.92. The van der Waals surface area contributed by atoms with Gasteiger partial charge in [-0.15, -0.1) is 0 Å². The average molecular weight is 380 g/mol. The molecule has 5 nitrogen and oxygen atoms in total. The highest BCUT2D eigenvalue weighted by Crippen LogP contribution is 2.25. The second kappa shape index (κ2) is 8.04. The van der Waals surface area contributed by atoms with Crippen LogP contribution in [0.3, 0.4) is 0 Å². The number of carbonyl (C=O) groups is 1. The van der Waals surface area contributed by atoms with Crippen molar-refractivity contribution in [3.63, 3.8) is 0 Å². The van der Waals surface area contributed by atoms with Crippen LogP contribution in [-0.4, -0.2) is 37.2 Å². The molecule has 1 aromatic carbocycles. The molecule has 0 spiro atoms. The third kappa shape index (κ3) is 4.42. The third-order valence-corrected chi connectivity index (χ3v) is 4.88. The topological polar surface area (TPSA) is 54.5 Å². The Balaban J connectivity index is 1.65. The third-order valence-electron chi connectivity index (χ3n) is 4.14. The minimum Gasteiger partial charge on any atom is -0.378 e. The Morgan fingerprint density at radius 3 is 2.60 bits per heavy atom. The number of hydrogen-bond acceptors (Lipinski definition) is 4. The summed E-state index contributed by atoms with van der Waals surface area (Å²) in [7, 11) is 0. The highest BCUT2D eigenvalue weighted by molar-refractivity contribution is 6.42. The van der Waals surface area contributed by atoms with Gasteiger partial charge in [-0.2, -0.15) is 0 Å². The molecule has 3 rings (SSSR count). The lowest BCUT2D eigenvalue weighted by Crippen LogP contribution is -2.36. The summed E-state index contributed by atoms with van der Waals surface area (Å²) < 4.78 is 5.33. The number of aromatic nitrogens is 1. The van der Waals surface area contributed by atoms with Crippen molar-refractivity contribution in [2.75, 3.05) is 31.2 Å². The summed E-state index contributed by atoms with van der Waals surface area (Å²) in [5.41, 5.74) is 1.41. The van der Waals surface area contributed by atoms with E-state index in [4.69, 9.17) is 27.9 Å². The zero-order valence-electron chi connectivity index (χ0n) is 13.8. The lowest BCUT2D eigenvalue weighted by atomic mass is 10.1. The van der Waals surface area contributed by atoms with E-state index in [2.05, 4.69) is 15.2 Å². The number of hydrogen-bond donors (Lipinski definition) is 1. The van der Waals surface area contributed by atoms with Crippen LogP contribution < -0.4 is 10.2 Å². The standard InChI is InChI=1S/C18H19Cl2N3O2/c1-12(13-2-4-15(19)16(20)10-13)22-18(24)14-3-5-17(21-11-14)23-6-8-25-9-7-23/h2-5,10-12H,6-9H2,1H3,(H,22,24)/t12-/m1/s1. The number of nitrogens with zero attached hydrogens (tertiary/aromatic N) is 2. The van der Waals surface area contributed by atoms with Gasteiger partial charge in [-0.1, -0.05) is 29.3 Å². The Labute approximate surface area is 156 Å². The number of pyridine rings is 1. The number of carbonyl (C=O) groups excluding carboxylic acids is 1. The van der Waals surface area contributed by atoms with Gasteiger partial charge in [-0.05, 0) is 36.8 Å². The summed E-state index contributed by atoms with van der Waals surface area (Å²) in [6, 6.07) is 8.79. The van der Waals surface area contributed by atoms with Crippen LogP contribution in [0.15, 0.2) is 36.5 Å². The van der Waals surface area contributed by atoms with Crippen LogP contribution in [0.4, 0.5) is 5.82 Å². The number of amides is 1. The Morgan fingerprint density at radius 2 is 1.96 bits per heavy atom. The summed E-state index contributed by atoms with van der Waals surface area (Å²) in [4.78, 5) is 19.0. The zero-order valence-corrected chi connectivity index (χ0v) is 15.3. The molecule has 1 saturated heterocycles. The van der Waals surface area contributed by atoms with E-state index in [0.717, 1.165) is 24.5 Å². The van der Waals surface area contributed by atoms with E-state index in [0.29, 0.717) is 28.8 Å². The van der Waals surface area contributed by atoms with Crippen LogP contribution in [0.1, 0.15) is 28.9 Å². The molecule has 2 aromatic rings. The predicted molar refractivity (Wildman–Crippen MR) is 99.6 cm³/mol. The molecule has 0 saturated carbocycles. The smallest absolute Gasteiger partial charge is 0.253 e. The maximum absolute atomic E-state index is 12.4. The number of benzene rings is 1. The lowest BCUT2D eigenvalue weighted by molar-refractivity contribution is 0.0939. The van der Waals surface area contributed by atoms with Crippen molar-refractivity contribution >= 4 is 34.9 Å². The number of rotatable bonds is 4. The molecule has 1 N–H and O–H groups in total. The summed E-state index contributed by atoms with van der Waals surface area (Å²) >= 11 is 12.0. The molecule has 1 aromatic heterocycles. The zero-order chi connectivity index (χ0) is 17.8. The Morgan fingerprint density at radius 1 is 1.20 bits per heavy atom. The van der Waals surface area contributed by atoms with Crippen LogP contribution in [-0.2, 0) is 4.74 Å². The second-order valence-corrected chi connectivity index (χ2v) is 6.69. The molecule has 0 bridgehead atoms. The molecule has 1 aliphatic rings. The summed E-state index contributed by atoms with van der Waals surface area (Å²) in [5, 5.41) is 3.91. The van der Waals surface area contributed by atoms with Crippen molar-refractivity contribution in [1.29, 1.82) is 0 Å². The lowest BCUT2D eigenvalue weighted by Gasteiger charge is -2.27. The van der Waals surface area contributed by atoms with Crippen LogP contribution in [0.5, 0.6) is 0 Å². The summed E-state index contributed by atoms with van der Waals surface area (Å²) in [5.74, 6) is 0.678. The van der Waals surface area contributed by atoms with Gasteiger partial charge in [0, 0.05) is 19.3 Å². The van der Waals surface area contributed by atoms with Gasteiger partial charge in [-0.25, -0.2) is 4.98 Å². The first-order valence-electron chi connectivity index (χ1n) is 8.09. The first kappa shape index (κ1) is 18.0. The fourth-order valence-electron chi connectivity index (χ4n) is 2.64. The van der Waals surface area contributed by atoms with Gasteiger partial charge in [0.1, 0.15) is 5.82 Å². The van der Waals surface area contributed by atoms with Crippen molar-refractivity contribution in [3.8, 4) is 0 Å². The van der Waals surface area contributed by atoms with E-state index in [9.17, 15) is 4.79 Å². The molecule has 2 heterocycles. The molecule has 1 atom stereocenters. The van der Waals surface area contributed by atoms with Gasteiger partial charge in [0.25, 0.3) is 5.91 Å². The first-order chi connectivity index (χ1) is 12.0. The highest BCUT2D eigenvalue weighted by atomic mass is 35.5. The van der Waals surface area contributed by atoms with Crippen molar-refractivity contribution < 1.29 is 9.53 Å². The van der Waals surface area contributed by atoms with Crippen molar-refractivity contribution in [2.45, 2.75) is 13.0 Å². The molecule has 1 aliphatic heterocycles. The number of nitrogens with one attached hydrogen (secondary N) is 1. The monoisotopic (exact) mass is 379 g/mol. The van der Waals surface area contributed by atoms with E-state index in [1.54, 1.807) is 24.4 Å². The predicted octanol–water partition coefficient (Wildman–Crippen LogP) is 3.72. The number of anilines is 1. The van der Waals surface area contributed by atoms with Crippen molar-refractivity contribution in [1.82, 2.24) is 10.3 Å². The normalized spacial score (nSPS) is 15.7. The molecule has 25 heavy (non-hydrogen) atoms. The van der Waals surface area contributed by atoms with Crippen LogP contribution >= 0.6 is 23.2 Å². The van der Waals surface area contributed by atoms with Gasteiger partial charge in [0.2, 0.25) is 0 Å². The van der Waals surface area contributed by atoms with Gasteiger partial charge in [-0.3, -0.25) is 4.79 Å². The average Bonchev–Trinajstić information content (AvgIpc) is 2.64. The molecule has 0 unspecified atom stereocenters. The van der Waals surface area contributed by atoms with Gasteiger partial charge < -0.3 is 15.0 Å². The van der Waals surface area contributed by atoms with E-state index >= 15 is 0 Å². The van der Waals surface area contributed by atoms with Gasteiger partial charge >= 0.3 is 0 Å². The van der Waals surface area contributed by atoms with Crippen LogP contribution in [0.25, 0.3) is 0 Å². The largest absolute Gasteiger partial charge is 0.378 e. The molecule has 132 valence electrons. The van der Waals surface area contributed by atoms with Crippen molar-refractivity contribution in [2.24, 2.45) is 0 Å². The minimum atomic E-state index is -0.193. The maximum Gasteiger partial charge on any atom is 0.253 e. The molecule has 0 radical (unpaired) electrons. The molecule has 0 aliphatic carbocycles. The number of halogens is 2. The Bertz CT molecular complexity index is 746. The van der Waals surface area contributed by atoms with Crippen molar-refractivity contribution in [3.05, 3.63) is 57.7 Å². The SMILES string of the molecule is C[C@@H](NC(=O)c1ccc(N2CCOCC2)nc1)c1ccc(Cl)c(Cl)c1. The van der Waals surface area contributed by atoms with E-state index in [1.165, 1.54) is 0 Å². The molecule has 7 heteroatoms. The van der Waals surface area contributed by atoms with Gasteiger partial charge in [0.05, 0.1) is 34.9 Å².